The fourth-order valence-corrected chi connectivity index (χ4v) is 0.736. The molecule has 0 rings (SSSR count). The van der Waals surface area contributed by atoms with Gasteiger partial charge in [0, 0.05) is 0 Å². The molecule has 0 aromatic carbocycles. The van der Waals surface area contributed by atoms with E-state index in [-0.39, 0.29) is 11.9 Å². The maximum Gasteiger partial charge on any atom is 0.283 e. The zero-order chi connectivity index (χ0) is 9.56. The standard InChI is InChI=1S/C9H17NO2/c1-4-5-6-8(9(10)11)12-7(2)3/h6-7H,4-5H2,1-3H3,(H2,10,11). The molecule has 0 atom stereocenters. The molecule has 12 heavy (non-hydrogen) atoms. The molecule has 1 amide bonds. The first-order valence-electron chi connectivity index (χ1n) is 4.24. The lowest BCUT2D eigenvalue weighted by Crippen LogP contribution is -2.18. The smallest absolute Gasteiger partial charge is 0.283 e. The van der Waals surface area contributed by atoms with Gasteiger partial charge in [0.2, 0.25) is 0 Å². The Morgan fingerprint density at radius 2 is 2.17 bits per heavy atom. The molecule has 0 aliphatic rings. The molecule has 0 spiro atoms. The van der Waals surface area contributed by atoms with Gasteiger partial charge in [0.1, 0.15) is 0 Å². The lowest BCUT2D eigenvalue weighted by atomic mass is 10.3. The number of carbonyl (C=O) groups is 1. The van der Waals surface area contributed by atoms with Gasteiger partial charge in [-0.25, -0.2) is 0 Å². The normalized spacial score (nSPS) is 11.8. The van der Waals surface area contributed by atoms with E-state index in [1.54, 1.807) is 6.08 Å². The Morgan fingerprint density at radius 3 is 2.50 bits per heavy atom. The largest absolute Gasteiger partial charge is 0.486 e. The number of carbonyl (C=O) groups excluding carboxylic acids is 1. The van der Waals surface area contributed by atoms with Crippen molar-refractivity contribution in [3.05, 3.63) is 11.8 Å². The van der Waals surface area contributed by atoms with Crippen LogP contribution in [0.2, 0.25) is 0 Å². The third kappa shape index (κ3) is 4.77. The van der Waals surface area contributed by atoms with Gasteiger partial charge in [-0.1, -0.05) is 13.3 Å². The quantitative estimate of drug-likeness (QED) is 0.504. The third-order valence-corrected chi connectivity index (χ3v) is 1.22. The SMILES string of the molecule is CCCC=C(OC(C)C)C(N)=O. The molecular formula is C9H17NO2. The lowest BCUT2D eigenvalue weighted by Gasteiger charge is -2.10. The van der Waals surface area contributed by atoms with Crippen molar-refractivity contribution in [1.82, 2.24) is 0 Å². The summed E-state index contributed by atoms with van der Waals surface area (Å²) in [6.45, 7) is 5.76. The van der Waals surface area contributed by atoms with Gasteiger partial charge in [0.05, 0.1) is 6.10 Å². The first-order chi connectivity index (χ1) is 5.57. The molecule has 0 saturated carbocycles. The van der Waals surface area contributed by atoms with Crippen LogP contribution in [0.15, 0.2) is 11.8 Å². The van der Waals surface area contributed by atoms with Crippen LogP contribution >= 0.6 is 0 Å². The molecule has 0 aliphatic heterocycles. The number of ether oxygens (including phenoxy) is 1. The number of nitrogens with two attached hydrogens (primary N) is 1. The third-order valence-electron chi connectivity index (χ3n) is 1.22. The highest BCUT2D eigenvalue weighted by Gasteiger charge is 2.06. The predicted octanol–water partition coefficient (Wildman–Crippen LogP) is 1.58. The molecule has 70 valence electrons. The number of hydrogen-bond acceptors (Lipinski definition) is 2. The van der Waals surface area contributed by atoms with Crippen molar-refractivity contribution in [1.29, 1.82) is 0 Å². The highest BCUT2D eigenvalue weighted by atomic mass is 16.5. The molecule has 0 heterocycles. The second-order valence-corrected chi connectivity index (χ2v) is 2.89. The zero-order valence-electron chi connectivity index (χ0n) is 7.96. The van der Waals surface area contributed by atoms with Gasteiger partial charge in [-0.3, -0.25) is 4.79 Å². The van der Waals surface area contributed by atoms with Crippen molar-refractivity contribution in [2.45, 2.75) is 39.7 Å². The van der Waals surface area contributed by atoms with Crippen LogP contribution in [-0.4, -0.2) is 12.0 Å². The van der Waals surface area contributed by atoms with E-state index in [0.717, 1.165) is 12.8 Å². The number of hydrogen-bond donors (Lipinski definition) is 1. The van der Waals surface area contributed by atoms with Crippen molar-refractivity contribution in [2.24, 2.45) is 5.73 Å². The van der Waals surface area contributed by atoms with Crippen LogP contribution in [0.3, 0.4) is 0 Å². The first kappa shape index (κ1) is 11.0. The van der Waals surface area contributed by atoms with Crippen molar-refractivity contribution >= 4 is 5.91 Å². The summed E-state index contributed by atoms with van der Waals surface area (Å²) in [6.07, 6.45) is 3.55. The van der Waals surface area contributed by atoms with Crippen LogP contribution in [0.25, 0.3) is 0 Å². The van der Waals surface area contributed by atoms with Crippen molar-refractivity contribution in [2.75, 3.05) is 0 Å². The summed E-state index contributed by atoms with van der Waals surface area (Å²) >= 11 is 0. The average molecular weight is 171 g/mol. The monoisotopic (exact) mass is 171 g/mol. The summed E-state index contributed by atoms with van der Waals surface area (Å²) in [4.78, 5) is 10.8. The Morgan fingerprint density at radius 1 is 1.58 bits per heavy atom. The van der Waals surface area contributed by atoms with Crippen LogP contribution in [0, 0.1) is 0 Å². The maximum atomic E-state index is 10.8. The average Bonchev–Trinajstić information content (AvgIpc) is 1.96. The fraction of sp³-hybridized carbons (Fsp3) is 0.667. The van der Waals surface area contributed by atoms with E-state index < -0.39 is 5.91 Å². The Kier molecular flexibility index (Phi) is 5.17. The van der Waals surface area contributed by atoms with E-state index in [2.05, 4.69) is 0 Å². The molecule has 0 unspecified atom stereocenters. The number of primary amides is 1. The van der Waals surface area contributed by atoms with Crippen molar-refractivity contribution in [3.63, 3.8) is 0 Å². The van der Waals surface area contributed by atoms with E-state index in [0.29, 0.717) is 0 Å². The molecule has 0 saturated heterocycles. The molecule has 0 aromatic heterocycles. The number of rotatable bonds is 5. The second-order valence-electron chi connectivity index (χ2n) is 2.89. The van der Waals surface area contributed by atoms with E-state index in [9.17, 15) is 4.79 Å². The minimum absolute atomic E-state index is 0.000561. The highest BCUT2D eigenvalue weighted by molar-refractivity contribution is 5.89. The molecule has 2 N–H and O–H groups in total. The molecule has 0 aliphatic carbocycles. The number of amides is 1. The van der Waals surface area contributed by atoms with Crippen molar-refractivity contribution in [3.8, 4) is 0 Å². The van der Waals surface area contributed by atoms with Gasteiger partial charge in [-0.2, -0.15) is 0 Å². The van der Waals surface area contributed by atoms with Gasteiger partial charge < -0.3 is 10.5 Å². The van der Waals surface area contributed by atoms with Crippen LogP contribution < -0.4 is 5.73 Å². The van der Waals surface area contributed by atoms with E-state index in [1.807, 2.05) is 20.8 Å². The van der Waals surface area contributed by atoms with E-state index >= 15 is 0 Å². The minimum atomic E-state index is -0.489. The number of unbranched alkanes of at least 4 members (excludes halogenated alkanes) is 1. The molecule has 3 heteroatoms. The van der Waals surface area contributed by atoms with Gasteiger partial charge >= 0.3 is 0 Å². The molecule has 0 fully saturated rings. The van der Waals surface area contributed by atoms with Crippen molar-refractivity contribution < 1.29 is 9.53 Å². The summed E-state index contributed by atoms with van der Waals surface area (Å²) < 4.78 is 5.20. The van der Waals surface area contributed by atoms with Gasteiger partial charge in [0.15, 0.2) is 5.76 Å². The summed E-state index contributed by atoms with van der Waals surface area (Å²) in [6, 6.07) is 0. The van der Waals surface area contributed by atoms with Crippen LogP contribution in [0.4, 0.5) is 0 Å². The molecule has 3 nitrogen and oxygen atoms in total. The Balaban J connectivity index is 4.13. The van der Waals surface area contributed by atoms with Gasteiger partial charge in [-0.05, 0) is 26.3 Å². The summed E-state index contributed by atoms with van der Waals surface area (Å²) in [7, 11) is 0. The minimum Gasteiger partial charge on any atom is -0.486 e. The Labute approximate surface area is 73.6 Å². The molecule has 0 aromatic rings. The number of allylic oxidation sites excluding steroid dienone is 1. The van der Waals surface area contributed by atoms with Gasteiger partial charge in [0.25, 0.3) is 5.91 Å². The molecular weight excluding hydrogens is 154 g/mol. The van der Waals surface area contributed by atoms with E-state index in [1.165, 1.54) is 0 Å². The predicted molar refractivity (Wildman–Crippen MR) is 48.4 cm³/mol. The fourth-order valence-electron chi connectivity index (χ4n) is 0.736. The van der Waals surface area contributed by atoms with Crippen LogP contribution in [0.1, 0.15) is 33.6 Å². The van der Waals surface area contributed by atoms with Crippen LogP contribution in [0.5, 0.6) is 0 Å². The Bertz CT molecular complexity index is 173. The summed E-state index contributed by atoms with van der Waals surface area (Å²) in [5.41, 5.74) is 5.09. The molecule has 0 bridgehead atoms. The lowest BCUT2D eigenvalue weighted by molar-refractivity contribution is -0.118. The van der Waals surface area contributed by atoms with Crippen LogP contribution in [-0.2, 0) is 9.53 Å². The Hall–Kier alpha value is -0.990. The second kappa shape index (κ2) is 5.63. The topological polar surface area (TPSA) is 52.3 Å². The first-order valence-corrected chi connectivity index (χ1v) is 4.24. The molecule has 0 radical (unpaired) electrons. The highest BCUT2D eigenvalue weighted by Crippen LogP contribution is 2.04. The summed E-state index contributed by atoms with van der Waals surface area (Å²) in [5, 5.41) is 0. The maximum absolute atomic E-state index is 10.8. The van der Waals surface area contributed by atoms with E-state index in [4.69, 9.17) is 10.5 Å². The van der Waals surface area contributed by atoms with Gasteiger partial charge in [-0.15, -0.1) is 0 Å². The zero-order valence-corrected chi connectivity index (χ0v) is 7.96. The summed E-state index contributed by atoms with van der Waals surface area (Å²) in [5.74, 6) is -0.205.